The van der Waals surface area contributed by atoms with E-state index in [0.29, 0.717) is 5.56 Å². The van der Waals surface area contributed by atoms with Crippen molar-refractivity contribution in [2.45, 2.75) is 0 Å². The minimum Gasteiger partial charge on any atom is -0.506 e. The van der Waals surface area contributed by atoms with Crippen LogP contribution >= 0.6 is 0 Å². The van der Waals surface area contributed by atoms with Crippen molar-refractivity contribution in [3.05, 3.63) is 41.7 Å². The fourth-order valence-electron chi connectivity index (χ4n) is 1.28. The molecular formula is C11H8N4O2. The van der Waals surface area contributed by atoms with Gasteiger partial charge in [-0.05, 0) is 24.3 Å². The molecule has 0 aliphatic carbocycles. The first-order valence-corrected chi connectivity index (χ1v) is 4.74. The van der Waals surface area contributed by atoms with Crippen molar-refractivity contribution >= 4 is 11.6 Å². The molecule has 1 amide bonds. The van der Waals surface area contributed by atoms with E-state index in [0.717, 1.165) is 0 Å². The normalized spacial score (nSPS) is 9.59. The number of amides is 1. The molecule has 0 aliphatic rings. The summed E-state index contributed by atoms with van der Waals surface area (Å²) >= 11 is 0. The molecule has 84 valence electrons. The lowest BCUT2D eigenvalue weighted by Gasteiger charge is -2.06. The Kier molecular flexibility index (Phi) is 2.75. The highest BCUT2D eigenvalue weighted by Gasteiger charge is 2.10. The van der Waals surface area contributed by atoms with Crippen molar-refractivity contribution < 1.29 is 9.90 Å². The molecule has 6 heteroatoms. The van der Waals surface area contributed by atoms with E-state index in [9.17, 15) is 9.90 Å². The molecule has 0 saturated heterocycles. The van der Waals surface area contributed by atoms with Gasteiger partial charge < -0.3 is 10.4 Å². The first-order valence-electron chi connectivity index (χ1n) is 4.74. The van der Waals surface area contributed by atoms with Crippen LogP contribution in [0.2, 0.25) is 0 Å². The Morgan fingerprint density at radius 2 is 2.29 bits per heavy atom. The molecule has 0 unspecified atom stereocenters. The summed E-state index contributed by atoms with van der Waals surface area (Å²) in [6, 6.07) is 7.62. The molecule has 0 saturated carbocycles. The lowest BCUT2D eigenvalue weighted by molar-refractivity contribution is 0.102. The lowest BCUT2D eigenvalue weighted by Crippen LogP contribution is -2.12. The third-order valence-corrected chi connectivity index (χ3v) is 2.12. The molecular weight excluding hydrogens is 220 g/mol. The predicted molar refractivity (Wildman–Crippen MR) is 59.4 cm³/mol. The summed E-state index contributed by atoms with van der Waals surface area (Å²) in [6.45, 7) is 0. The van der Waals surface area contributed by atoms with Crippen molar-refractivity contribution in [1.82, 2.24) is 10.2 Å². The summed E-state index contributed by atoms with van der Waals surface area (Å²) in [5, 5.41) is 26.9. The third kappa shape index (κ3) is 2.23. The van der Waals surface area contributed by atoms with Gasteiger partial charge in [0, 0.05) is 6.20 Å². The first-order chi connectivity index (χ1) is 8.20. The van der Waals surface area contributed by atoms with Crippen LogP contribution in [0.4, 0.5) is 5.69 Å². The minimum absolute atomic E-state index is 0.100. The van der Waals surface area contributed by atoms with Crippen molar-refractivity contribution in [3.63, 3.8) is 0 Å². The van der Waals surface area contributed by atoms with Crippen LogP contribution in [-0.4, -0.2) is 21.2 Å². The number of benzene rings is 1. The quantitative estimate of drug-likeness (QED) is 0.673. The molecule has 0 fully saturated rings. The highest BCUT2D eigenvalue weighted by Crippen LogP contribution is 2.24. The van der Waals surface area contributed by atoms with Gasteiger partial charge in [-0.2, -0.15) is 10.4 Å². The van der Waals surface area contributed by atoms with Crippen LogP contribution in [0, 0.1) is 11.3 Å². The average Bonchev–Trinajstić information content (AvgIpc) is 2.85. The van der Waals surface area contributed by atoms with E-state index in [1.165, 1.54) is 30.5 Å². The number of nitrogens with one attached hydrogen (secondary N) is 2. The molecule has 17 heavy (non-hydrogen) atoms. The number of aromatic nitrogens is 2. The molecule has 6 nitrogen and oxygen atoms in total. The molecule has 1 aromatic carbocycles. The zero-order chi connectivity index (χ0) is 12.3. The van der Waals surface area contributed by atoms with Crippen molar-refractivity contribution in [3.8, 4) is 11.8 Å². The number of nitriles is 1. The topological polar surface area (TPSA) is 102 Å². The van der Waals surface area contributed by atoms with Crippen LogP contribution in [0.5, 0.6) is 5.75 Å². The van der Waals surface area contributed by atoms with Gasteiger partial charge in [-0.25, -0.2) is 0 Å². The summed E-state index contributed by atoms with van der Waals surface area (Å²) in [4.78, 5) is 11.7. The van der Waals surface area contributed by atoms with Crippen molar-refractivity contribution in [2.75, 3.05) is 5.32 Å². The van der Waals surface area contributed by atoms with Gasteiger partial charge in [0.25, 0.3) is 5.91 Å². The molecule has 3 N–H and O–H groups in total. The number of carbonyl (C=O) groups is 1. The van der Waals surface area contributed by atoms with E-state index in [1.807, 2.05) is 6.07 Å². The van der Waals surface area contributed by atoms with Gasteiger partial charge in [-0.3, -0.25) is 9.89 Å². The van der Waals surface area contributed by atoms with Crippen LogP contribution < -0.4 is 5.32 Å². The Morgan fingerprint density at radius 1 is 1.47 bits per heavy atom. The number of H-pyrrole nitrogens is 1. The van der Waals surface area contributed by atoms with E-state index in [4.69, 9.17) is 5.26 Å². The average molecular weight is 228 g/mol. The van der Waals surface area contributed by atoms with Gasteiger partial charge in [0.1, 0.15) is 11.4 Å². The van der Waals surface area contributed by atoms with Crippen LogP contribution in [0.15, 0.2) is 30.5 Å². The Balaban J connectivity index is 2.25. The smallest absolute Gasteiger partial charge is 0.273 e. The maximum atomic E-state index is 11.7. The Hall–Kier alpha value is -2.81. The molecule has 0 bridgehead atoms. The highest BCUT2D eigenvalue weighted by atomic mass is 16.3. The van der Waals surface area contributed by atoms with Gasteiger partial charge in [0.05, 0.1) is 17.3 Å². The molecule has 1 heterocycles. The monoisotopic (exact) mass is 228 g/mol. The van der Waals surface area contributed by atoms with Crippen LogP contribution in [-0.2, 0) is 0 Å². The van der Waals surface area contributed by atoms with E-state index in [2.05, 4.69) is 15.5 Å². The van der Waals surface area contributed by atoms with Gasteiger partial charge in [0.15, 0.2) is 0 Å². The molecule has 0 spiro atoms. The molecule has 0 radical (unpaired) electrons. The summed E-state index contributed by atoms with van der Waals surface area (Å²) in [6.07, 6.45) is 1.44. The Bertz CT molecular complexity index is 584. The van der Waals surface area contributed by atoms with E-state index >= 15 is 0 Å². The molecule has 0 aliphatic heterocycles. The standard InChI is InChI=1S/C11H8N4O2/c12-6-7-1-2-10(16)9(5-7)14-11(17)8-3-4-13-15-8/h1-5,16H,(H,13,15)(H,14,17). The second-order valence-electron chi connectivity index (χ2n) is 3.27. The Morgan fingerprint density at radius 3 is 2.94 bits per heavy atom. The van der Waals surface area contributed by atoms with Crippen molar-refractivity contribution in [1.29, 1.82) is 5.26 Å². The Labute approximate surface area is 96.5 Å². The number of nitrogens with zero attached hydrogens (tertiary/aromatic N) is 2. The van der Waals surface area contributed by atoms with Crippen LogP contribution in [0.3, 0.4) is 0 Å². The number of carbonyl (C=O) groups excluding carboxylic acids is 1. The fraction of sp³-hybridized carbons (Fsp3) is 0. The third-order valence-electron chi connectivity index (χ3n) is 2.12. The number of phenols is 1. The first kappa shape index (κ1) is 10.7. The summed E-state index contributed by atoms with van der Waals surface area (Å²) in [7, 11) is 0. The lowest BCUT2D eigenvalue weighted by atomic mass is 10.2. The zero-order valence-corrected chi connectivity index (χ0v) is 8.64. The number of hydrogen-bond donors (Lipinski definition) is 3. The van der Waals surface area contributed by atoms with Gasteiger partial charge >= 0.3 is 0 Å². The SMILES string of the molecule is N#Cc1ccc(O)c(NC(=O)c2ccn[nH]2)c1. The van der Waals surface area contributed by atoms with Gasteiger partial charge in [0.2, 0.25) is 0 Å². The number of rotatable bonds is 2. The summed E-state index contributed by atoms with van der Waals surface area (Å²) in [5.41, 5.74) is 0.804. The number of aromatic amines is 1. The molecule has 0 atom stereocenters. The fourth-order valence-corrected chi connectivity index (χ4v) is 1.28. The summed E-state index contributed by atoms with van der Waals surface area (Å²) in [5.74, 6) is -0.537. The zero-order valence-electron chi connectivity index (χ0n) is 8.64. The van der Waals surface area contributed by atoms with Gasteiger partial charge in [-0.1, -0.05) is 0 Å². The molecule has 2 aromatic rings. The van der Waals surface area contributed by atoms with Crippen LogP contribution in [0.25, 0.3) is 0 Å². The van der Waals surface area contributed by atoms with E-state index in [-0.39, 0.29) is 17.1 Å². The number of hydrogen-bond acceptors (Lipinski definition) is 4. The number of phenolic OH excluding ortho intramolecular Hbond substituents is 1. The second kappa shape index (κ2) is 4.37. The minimum atomic E-state index is -0.437. The van der Waals surface area contributed by atoms with Crippen LogP contribution in [0.1, 0.15) is 16.1 Å². The van der Waals surface area contributed by atoms with E-state index in [1.54, 1.807) is 0 Å². The molecule has 2 rings (SSSR count). The molecule has 1 aromatic heterocycles. The number of aromatic hydroxyl groups is 1. The second-order valence-corrected chi connectivity index (χ2v) is 3.27. The predicted octanol–water partition coefficient (Wildman–Crippen LogP) is 1.24. The largest absolute Gasteiger partial charge is 0.506 e. The maximum absolute atomic E-state index is 11.7. The maximum Gasteiger partial charge on any atom is 0.273 e. The highest BCUT2D eigenvalue weighted by molar-refractivity contribution is 6.03. The summed E-state index contributed by atoms with van der Waals surface area (Å²) < 4.78 is 0. The van der Waals surface area contributed by atoms with Gasteiger partial charge in [-0.15, -0.1) is 0 Å². The van der Waals surface area contributed by atoms with E-state index < -0.39 is 5.91 Å². The van der Waals surface area contributed by atoms with Crippen molar-refractivity contribution in [2.24, 2.45) is 0 Å². The number of anilines is 1.